The molecule has 0 aromatic heterocycles. The molecule has 1 atom stereocenters. The summed E-state index contributed by atoms with van der Waals surface area (Å²) in [7, 11) is -4.13. The summed E-state index contributed by atoms with van der Waals surface area (Å²) in [5, 5.41) is -1.33. The van der Waals surface area contributed by atoms with E-state index in [9.17, 15) is 9.13 Å². The number of fused-ring (bicyclic) bond motifs is 3. The molecule has 0 aliphatic carbocycles. The lowest BCUT2D eigenvalue weighted by molar-refractivity contribution is 0.268. The Kier molecular flexibility index (Phi) is 5.96. The van der Waals surface area contributed by atoms with Crippen molar-refractivity contribution < 1.29 is 32.0 Å². The molecule has 0 bridgehead atoms. The average Bonchev–Trinajstić information content (AvgIpc) is 2.93. The van der Waals surface area contributed by atoms with Gasteiger partial charge in [-0.25, -0.2) is 4.57 Å². The second-order valence-corrected chi connectivity index (χ2v) is 11.5. The van der Waals surface area contributed by atoms with Crippen molar-refractivity contribution in [1.82, 2.24) is 0 Å². The SMILES string of the molecule is COc1ccc(C(P(=O)(OC)OC)P2(=O)Oc3ccccc3-c3ccccc3O2)cc1. The van der Waals surface area contributed by atoms with Gasteiger partial charge in [0.2, 0.25) is 5.40 Å². The predicted octanol–water partition coefficient (Wildman–Crippen LogP) is 6.51. The third-order valence-electron chi connectivity index (χ3n) is 5.04. The number of hydrogen-bond acceptors (Lipinski definition) is 7. The van der Waals surface area contributed by atoms with Crippen LogP contribution in [0.4, 0.5) is 0 Å². The summed E-state index contributed by atoms with van der Waals surface area (Å²) in [5.74, 6) is 1.30. The number of para-hydroxylation sites is 2. The fourth-order valence-electron chi connectivity index (χ4n) is 3.52. The summed E-state index contributed by atoms with van der Waals surface area (Å²) < 4.78 is 55.8. The molecule has 0 N–H and O–H groups in total. The number of ether oxygens (including phenoxy) is 1. The molecule has 0 radical (unpaired) electrons. The van der Waals surface area contributed by atoms with Gasteiger partial charge in [0.15, 0.2) is 0 Å². The van der Waals surface area contributed by atoms with Gasteiger partial charge in [0.25, 0.3) is 0 Å². The van der Waals surface area contributed by atoms with Gasteiger partial charge in [-0.1, -0.05) is 48.5 Å². The van der Waals surface area contributed by atoms with Gasteiger partial charge in [-0.15, -0.1) is 0 Å². The zero-order valence-corrected chi connectivity index (χ0v) is 19.0. The lowest BCUT2D eigenvalue weighted by Gasteiger charge is -2.30. The zero-order valence-electron chi connectivity index (χ0n) is 17.3. The highest BCUT2D eigenvalue weighted by Crippen LogP contribution is 2.78. The van der Waals surface area contributed by atoms with E-state index in [0.29, 0.717) is 33.9 Å². The van der Waals surface area contributed by atoms with Crippen molar-refractivity contribution in [2.45, 2.75) is 5.40 Å². The smallest absolute Gasteiger partial charge is 0.450 e. The number of methoxy groups -OCH3 is 1. The largest absolute Gasteiger partial charge is 0.497 e. The van der Waals surface area contributed by atoms with E-state index in [1.54, 1.807) is 48.5 Å². The summed E-state index contributed by atoms with van der Waals surface area (Å²) in [6.45, 7) is 0. The van der Waals surface area contributed by atoms with Crippen LogP contribution < -0.4 is 13.8 Å². The summed E-state index contributed by atoms with van der Waals surface area (Å²) >= 11 is 0. The highest BCUT2D eigenvalue weighted by Gasteiger charge is 2.55. The summed E-state index contributed by atoms with van der Waals surface area (Å²) in [6, 6.07) is 21.0. The topological polar surface area (TPSA) is 80.3 Å². The molecular formula is C22H22O7P2. The van der Waals surface area contributed by atoms with Gasteiger partial charge < -0.3 is 22.8 Å². The van der Waals surface area contributed by atoms with Gasteiger partial charge in [0, 0.05) is 25.3 Å². The molecule has 1 aliphatic heterocycles. The molecule has 162 valence electrons. The van der Waals surface area contributed by atoms with E-state index in [1.165, 1.54) is 21.3 Å². The lowest BCUT2D eigenvalue weighted by Crippen LogP contribution is -2.12. The Labute approximate surface area is 180 Å². The highest BCUT2D eigenvalue weighted by molar-refractivity contribution is 7.72. The van der Waals surface area contributed by atoms with Crippen LogP contribution in [-0.4, -0.2) is 21.3 Å². The first-order valence-corrected chi connectivity index (χ1v) is 12.7. The first-order valence-electron chi connectivity index (χ1n) is 9.46. The van der Waals surface area contributed by atoms with Crippen molar-refractivity contribution in [3.05, 3.63) is 78.4 Å². The molecule has 31 heavy (non-hydrogen) atoms. The van der Waals surface area contributed by atoms with Crippen molar-refractivity contribution in [3.63, 3.8) is 0 Å². The number of hydrogen-bond donors (Lipinski definition) is 0. The van der Waals surface area contributed by atoms with Crippen LogP contribution >= 0.6 is 15.2 Å². The van der Waals surface area contributed by atoms with Gasteiger partial charge >= 0.3 is 15.2 Å². The second-order valence-electron chi connectivity index (χ2n) is 6.77. The Morgan fingerprint density at radius 1 is 0.774 bits per heavy atom. The predicted molar refractivity (Wildman–Crippen MR) is 118 cm³/mol. The Bertz CT molecular complexity index is 1120. The van der Waals surface area contributed by atoms with E-state index in [4.69, 9.17) is 22.8 Å². The Balaban J connectivity index is 1.94. The molecule has 0 fully saturated rings. The van der Waals surface area contributed by atoms with E-state index >= 15 is 0 Å². The van der Waals surface area contributed by atoms with Crippen molar-refractivity contribution >= 4 is 15.2 Å². The van der Waals surface area contributed by atoms with Gasteiger partial charge in [-0.2, -0.15) is 0 Å². The molecule has 0 amide bonds. The minimum absolute atomic E-state index is 0.355. The number of rotatable bonds is 6. The van der Waals surface area contributed by atoms with E-state index < -0.39 is 20.6 Å². The van der Waals surface area contributed by atoms with Crippen LogP contribution in [0.25, 0.3) is 11.1 Å². The average molecular weight is 460 g/mol. The van der Waals surface area contributed by atoms with Crippen molar-refractivity contribution in [2.24, 2.45) is 0 Å². The third-order valence-corrected chi connectivity index (χ3v) is 10.4. The first kappa shape index (κ1) is 21.7. The molecule has 0 saturated heterocycles. The lowest BCUT2D eigenvalue weighted by atomic mass is 10.0. The van der Waals surface area contributed by atoms with Crippen molar-refractivity contribution in [3.8, 4) is 28.4 Å². The minimum Gasteiger partial charge on any atom is -0.497 e. The van der Waals surface area contributed by atoms with Crippen molar-refractivity contribution in [2.75, 3.05) is 21.3 Å². The Hall–Kier alpha value is -2.56. The summed E-state index contributed by atoms with van der Waals surface area (Å²) in [4.78, 5) is 0. The van der Waals surface area contributed by atoms with Gasteiger partial charge in [0.1, 0.15) is 17.2 Å². The molecule has 1 aliphatic rings. The summed E-state index contributed by atoms with van der Waals surface area (Å²) in [6.07, 6.45) is 0. The zero-order chi connectivity index (χ0) is 22.1. The Morgan fingerprint density at radius 2 is 1.26 bits per heavy atom. The molecule has 1 heterocycles. The normalized spacial score (nSPS) is 15.5. The standard InChI is InChI=1S/C22H22O7P2/c1-25-17-14-12-16(13-15-17)22(30(23,26-2)27-3)31(24)28-20-10-6-4-8-18(20)19-9-5-7-11-21(19)29-31/h4-15,22H,1-3H3. The molecule has 1 unspecified atom stereocenters. The van der Waals surface area contributed by atoms with Crippen LogP contribution in [0.1, 0.15) is 11.0 Å². The summed E-state index contributed by atoms with van der Waals surface area (Å²) in [5.41, 5.74) is 1.84. The van der Waals surface area contributed by atoms with Crippen molar-refractivity contribution in [1.29, 1.82) is 0 Å². The Morgan fingerprint density at radius 3 is 1.71 bits per heavy atom. The van der Waals surface area contributed by atoms with Gasteiger partial charge in [-0.3, -0.25) is 4.57 Å². The maximum Gasteiger partial charge on any atom is 0.450 e. The third kappa shape index (κ3) is 3.90. The second kappa shape index (κ2) is 8.52. The molecule has 9 heteroatoms. The molecule has 0 saturated carbocycles. The van der Waals surface area contributed by atoms with Crippen LogP contribution in [0.5, 0.6) is 17.2 Å². The van der Waals surface area contributed by atoms with Crippen LogP contribution in [-0.2, 0) is 18.2 Å². The molecule has 0 spiro atoms. The van der Waals surface area contributed by atoms with E-state index in [2.05, 4.69) is 0 Å². The maximum absolute atomic E-state index is 14.4. The minimum atomic E-state index is -4.19. The van der Waals surface area contributed by atoms with E-state index in [0.717, 1.165) is 0 Å². The molecule has 4 rings (SSSR count). The monoisotopic (exact) mass is 460 g/mol. The van der Waals surface area contributed by atoms with Crippen LogP contribution in [0, 0.1) is 0 Å². The van der Waals surface area contributed by atoms with E-state index in [-0.39, 0.29) is 0 Å². The van der Waals surface area contributed by atoms with Crippen LogP contribution in [0.3, 0.4) is 0 Å². The van der Waals surface area contributed by atoms with Gasteiger partial charge in [-0.05, 0) is 29.8 Å². The van der Waals surface area contributed by atoms with Crippen LogP contribution in [0.15, 0.2) is 72.8 Å². The van der Waals surface area contributed by atoms with Gasteiger partial charge in [0.05, 0.1) is 7.11 Å². The molecular weight excluding hydrogens is 438 g/mol. The fourth-order valence-corrected chi connectivity index (χ4v) is 8.48. The fraction of sp³-hybridized carbons (Fsp3) is 0.182. The molecule has 7 nitrogen and oxygen atoms in total. The first-order chi connectivity index (χ1) is 14.9. The highest BCUT2D eigenvalue weighted by atomic mass is 31.2. The molecule has 3 aromatic carbocycles. The van der Waals surface area contributed by atoms with Crippen LogP contribution in [0.2, 0.25) is 0 Å². The maximum atomic E-state index is 14.4. The quantitative estimate of drug-likeness (QED) is 0.388. The number of benzene rings is 3. The van der Waals surface area contributed by atoms with E-state index in [1.807, 2.05) is 24.3 Å². The molecule has 3 aromatic rings.